The molecule has 210 valence electrons. The first-order valence-electron chi connectivity index (χ1n) is 12.9. The van der Waals surface area contributed by atoms with E-state index in [4.69, 9.17) is 23.7 Å². The van der Waals surface area contributed by atoms with Gasteiger partial charge in [-0.15, -0.1) is 0 Å². The fourth-order valence-electron chi connectivity index (χ4n) is 5.50. The molecule has 40 heavy (non-hydrogen) atoms. The first-order valence-corrected chi connectivity index (χ1v) is 12.9. The molecule has 1 saturated heterocycles. The van der Waals surface area contributed by atoms with Crippen LogP contribution in [-0.2, 0) is 16.1 Å². The monoisotopic (exact) mass is 548 g/mol. The van der Waals surface area contributed by atoms with E-state index in [1.54, 1.807) is 45.6 Å². The van der Waals surface area contributed by atoms with Gasteiger partial charge in [0.1, 0.15) is 5.75 Å². The molecule has 0 aliphatic carbocycles. The molecule has 2 aliphatic rings. The fourth-order valence-corrected chi connectivity index (χ4v) is 5.50. The Morgan fingerprint density at radius 1 is 0.900 bits per heavy atom. The molecule has 3 atom stereocenters. The molecule has 5 rings (SSSR count). The first kappa shape index (κ1) is 27.1. The van der Waals surface area contributed by atoms with Gasteiger partial charge in [0, 0.05) is 25.0 Å². The Balaban J connectivity index is 1.39. The predicted molar refractivity (Wildman–Crippen MR) is 145 cm³/mol. The van der Waals surface area contributed by atoms with Gasteiger partial charge in [-0.25, -0.2) is 0 Å². The van der Waals surface area contributed by atoms with E-state index in [0.29, 0.717) is 35.3 Å². The van der Waals surface area contributed by atoms with E-state index in [1.165, 1.54) is 0 Å². The quantitative estimate of drug-likeness (QED) is 0.392. The molecular weight excluding hydrogens is 516 g/mol. The number of hydrogen-bond acceptors (Lipinski definition) is 8. The van der Waals surface area contributed by atoms with Crippen molar-refractivity contribution in [2.45, 2.75) is 18.5 Å². The average Bonchev–Trinajstić information content (AvgIpc) is 3.60. The van der Waals surface area contributed by atoms with Gasteiger partial charge in [-0.2, -0.15) is 0 Å². The molecule has 2 N–H and O–H groups in total. The highest BCUT2D eigenvalue weighted by Crippen LogP contribution is 2.47. The van der Waals surface area contributed by atoms with Crippen LogP contribution in [-0.4, -0.2) is 63.1 Å². The number of nitrogens with zero attached hydrogens (tertiary/aromatic N) is 1. The standard InChI is InChI=1S/C30H32N2O8/c1-36-21-8-5-19(6-9-21)29-28(30(34)35)22(20-7-11-24-26(13-20)40-17-39-24)15-32(29)16-27(33)31-14-18-4-10-23(37-2)25(12-18)38-3/h4-13,22,28-29H,14-17H2,1-3H3,(H,31,33)(H,34,35)/t22-,28+,29-/m1/s1. The summed E-state index contributed by atoms with van der Waals surface area (Å²) in [6, 6.07) is 17.8. The Kier molecular flexibility index (Phi) is 7.97. The largest absolute Gasteiger partial charge is 0.497 e. The average molecular weight is 549 g/mol. The van der Waals surface area contributed by atoms with Crippen LogP contribution in [0.1, 0.15) is 28.7 Å². The Labute approximate surface area is 232 Å². The summed E-state index contributed by atoms with van der Waals surface area (Å²) in [5.41, 5.74) is 2.47. The number of amides is 1. The summed E-state index contributed by atoms with van der Waals surface area (Å²) in [7, 11) is 4.70. The fraction of sp³-hybridized carbons (Fsp3) is 0.333. The third kappa shape index (κ3) is 5.48. The minimum absolute atomic E-state index is 0.0226. The molecule has 0 bridgehead atoms. The number of carbonyl (C=O) groups excluding carboxylic acids is 1. The number of aliphatic carboxylic acids is 1. The van der Waals surface area contributed by atoms with Crippen molar-refractivity contribution in [2.24, 2.45) is 5.92 Å². The second-order valence-electron chi connectivity index (χ2n) is 9.70. The van der Waals surface area contributed by atoms with E-state index < -0.39 is 17.9 Å². The van der Waals surface area contributed by atoms with Crippen molar-refractivity contribution < 1.29 is 38.4 Å². The number of likely N-dealkylation sites (tertiary alicyclic amines) is 1. The highest BCUT2D eigenvalue weighted by Gasteiger charge is 2.48. The minimum atomic E-state index is -0.934. The summed E-state index contributed by atoms with van der Waals surface area (Å²) in [4.78, 5) is 27.9. The molecule has 0 saturated carbocycles. The van der Waals surface area contributed by atoms with Crippen molar-refractivity contribution in [1.29, 1.82) is 0 Å². The van der Waals surface area contributed by atoms with E-state index in [9.17, 15) is 14.7 Å². The maximum atomic E-state index is 13.2. The van der Waals surface area contributed by atoms with Crippen LogP contribution >= 0.6 is 0 Å². The highest BCUT2D eigenvalue weighted by molar-refractivity contribution is 5.79. The predicted octanol–water partition coefficient (Wildman–Crippen LogP) is 3.60. The van der Waals surface area contributed by atoms with E-state index in [2.05, 4.69) is 5.32 Å². The van der Waals surface area contributed by atoms with Gasteiger partial charge < -0.3 is 34.1 Å². The second-order valence-corrected chi connectivity index (χ2v) is 9.70. The lowest BCUT2D eigenvalue weighted by Crippen LogP contribution is -2.38. The van der Waals surface area contributed by atoms with Gasteiger partial charge in [0.2, 0.25) is 12.7 Å². The van der Waals surface area contributed by atoms with Crippen LogP contribution in [0.25, 0.3) is 0 Å². The molecule has 10 nitrogen and oxygen atoms in total. The lowest BCUT2D eigenvalue weighted by molar-refractivity contribution is -0.143. The van der Waals surface area contributed by atoms with Crippen molar-refractivity contribution in [3.05, 3.63) is 77.4 Å². The third-order valence-electron chi connectivity index (χ3n) is 7.45. The van der Waals surface area contributed by atoms with Gasteiger partial charge in [0.25, 0.3) is 0 Å². The van der Waals surface area contributed by atoms with Crippen molar-refractivity contribution in [3.8, 4) is 28.7 Å². The molecule has 3 aromatic rings. The molecule has 10 heteroatoms. The van der Waals surface area contributed by atoms with Crippen molar-refractivity contribution >= 4 is 11.9 Å². The zero-order valence-corrected chi connectivity index (χ0v) is 22.6. The minimum Gasteiger partial charge on any atom is -0.497 e. The van der Waals surface area contributed by atoms with Crippen molar-refractivity contribution in [2.75, 3.05) is 41.2 Å². The molecule has 1 fully saturated rings. The van der Waals surface area contributed by atoms with Crippen LogP contribution in [0.5, 0.6) is 28.7 Å². The van der Waals surface area contributed by atoms with Gasteiger partial charge in [-0.05, 0) is 53.1 Å². The van der Waals surface area contributed by atoms with Crippen LogP contribution in [0.4, 0.5) is 0 Å². The highest BCUT2D eigenvalue weighted by atomic mass is 16.7. The molecule has 2 aliphatic heterocycles. The van der Waals surface area contributed by atoms with Gasteiger partial charge in [-0.3, -0.25) is 14.5 Å². The normalized spacial score (nSPS) is 19.7. The van der Waals surface area contributed by atoms with E-state index in [0.717, 1.165) is 16.7 Å². The number of nitrogens with one attached hydrogen (secondary N) is 1. The number of benzene rings is 3. The summed E-state index contributed by atoms with van der Waals surface area (Å²) >= 11 is 0. The summed E-state index contributed by atoms with van der Waals surface area (Å²) in [6.45, 7) is 0.812. The van der Waals surface area contributed by atoms with E-state index in [-0.39, 0.29) is 31.7 Å². The molecule has 1 amide bonds. The van der Waals surface area contributed by atoms with E-state index in [1.807, 2.05) is 41.3 Å². The number of hydrogen-bond donors (Lipinski definition) is 2. The van der Waals surface area contributed by atoms with Crippen LogP contribution in [0, 0.1) is 5.92 Å². The van der Waals surface area contributed by atoms with Gasteiger partial charge in [0.15, 0.2) is 23.0 Å². The van der Waals surface area contributed by atoms with E-state index >= 15 is 0 Å². The third-order valence-corrected chi connectivity index (χ3v) is 7.45. The Morgan fingerprint density at radius 3 is 2.33 bits per heavy atom. The summed E-state index contributed by atoms with van der Waals surface area (Å²) in [5, 5.41) is 13.4. The van der Waals surface area contributed by atoms with Gasteiger partial charge >= 0.3 is 5.97 Å². The summed E-state index contributed by atoms with van der Waals surface area (Å²) in [6.07, 6.45) is 0. The molecule has 0 aromatic heterocycles. The molecule has 3 aromatic carbocycles. The zero-order chi connectivity index (χ0) is 28.2. The molecule has 2 heterocycles. The Hall–Kier alpha value is -4.44. The molecule has 0 radical (unpaired) electrons. The Bertz CT molecular complexity index is 1380. The number of methoxy groups -OCH3 is 3. The van der Waals surface area contributed by atoms with Gasteiger partial charge in [-0.1, -0.05) is 24.3 Å². The number of ether oxygens (including phenoxy) is 5. The number of carbonyl (C=O) groups is 2. The smallest absolute Gasteiger partial charge is 0.309 e. The Morgan fingerprint density at radius 2 is 1.62 bits per heavy atom. The van der Waals surface area contributed by atoms with Crippen molar-refractivity contribution in [3.63, 3.8) is 0 Å². The van der Waals surface area contributed by atoms with Crippen LogP contribution in [0.15, 0.2) is 60.7 Å². The van der Waals surface area contributed by atoms with Crippen molar-refractivity contribution in [1.82, 2.24) is 10.2 Å². The number of fused-ring (bicyclic) bond motifs is 1. The second kappa shape index (κ2) is 11.7. The summed E-state index contributed by atoms with van der Waals surface area (Å²) < 4.78 is 26.9. The summed E-state index contributed by atoms with van der Waals surface area (Å²) in [5.74, 6) is 0.738. The molecular formula is C30H32N2O8. The van der Waals surface area contributed by atoms with Gasteiger partial charge in [0.05, 0.1) is 33.8 Å². The zero-order valence-electron chi connectivity index (χ0n) is 22.6. The SMILES string of the molecule is COc1ccc([C@@H]2[C@@H](C(=O)O)[C@@H](c3ccc4c(c3)OCO4)CN2CC(=O)NCc2ccc(OC)c(OC)c2)cc1. The topological polar surface area (TPSA) is 116 Å². The van der Waals surface area contributed by atoms with Crippen LogP contribution in [0.2, 0.25) is 0 Å². The van der Waals surface area contributed by atoms with Crippen LogP contribution in [0.3, 0.4) is 0 Å². The lowest BCUT2D eigenvalue weighted by Gasteiger charge is -2.27. The number of carboxylic acid groups (broad SMARTS) is 1. The van der Waals surface area contributed by atoms with Crippen LogP contribution < -0.4 is 29.0 Å². The number of rotatable bonds is 10. The number of carboxylic acids is 1. The maximum Gasteiger partial charge on any atom is 0.309 e. The maximum absolute atomic E-state index is 13.2. The molecule has 0 unspecified atom stereocenters. The molecule has 0 spiro atoms. The first-order chi connectivity index (χ1) is 19.4. The lowest BCUT2D eigenvalue weighted by atomic mass is 9.82.